The van der Waals surface area contributed by atoms with Gasteiger partial charge in [-0.05, 0) is 24.3 Å². The highest BCUT2D eigenvalue weighted by Crippen LogP contribution is 2.03. The van der Waals surface area contributed by atoms with Crippen LogP contribution in [0.3, 0.4) is 0 Å². The topological polar surface area (TPSA) is 63.3 Å². The fraction of sp³-hybridized carbons (Fsp3) is 0.143. The van der Waals surface area contributed by atoms with Crippen LogP contribution in [0.25, 0.3) is 0 Å². The van der Waals surface area contributed by atoms with Crippen LogP contribution in [-0.4, -0.2) is 17.5 Å². The number of para-hydroxylation sites is 1. The summed E-state index contributed by atoms with van der Waals surface area (Å²) in [6.07, 6.45) is 2.57. The van der Waals surface area contributed by atoms with Gasteiger partial charge in [0.05, 0.1) is 0 Å². The second-order valence-corrected chi connectivity index (χ2v) is 3.83. The van der Waals surface area contributed by atoms with Gasteiger partial charge in [-0.15, -0.1) is 0 Å². The lowest BCUT2D eigenvalue weighted by Crippen LogP contribution is -2.23. The van der Waals surface area contributed by atoms with Gasteiger partial charge in [0.15, 0.2) is 5.96 Å². The third kappa shape index (κ3) is 3.90. The molecule has 0 radical (unpaired) electrons. The lowest BCUT2D eigenvalue weighted by molar-refractivity contribution is 0.921. The molecule has 0 aliphatic heterocycles. The van der Waals surface area contributed by atoms with Gasteiger partial charge in [-0.2, -0.15) is 0 Å². The number of pyridine rings is 1. The Labute approximate surface area is 107 Å². The molecule has 1 aromatic heterocycles. The van der Waals surface area contributed by atoms with Crippen molar-refractivity contribution >= 4 is 11.6 Å². The van der Waals surface area contributed by atoms with Gasteiger partial charge in [0.1, 0.15) is 0 Å². The molecule has 1 aromatic carbocycles. The van der Waals surface area contributed by atoms with E-state index >= 15 is 0 Å². The smallest absolute Gasteiger partial charge is 0.193 e. The second-order valence-electron chi connectivity index (χ2n) is 3.83. The van der Waals surface area contributed by atoms with Crippen molar-refractivity contribution in [2.75, 3.05) is 11.9 Å². The van der Waals surface area contributed by atoms with Crippen LogP contribution in [0.1, 0.15) is 5.69 Å². The standard InChI is InChI=1S/C14H16N4/c15-14(18-13-7-2-1-3-8-13)17-11-9-12-6-4-5-10-16-12/h1-8,10H,9,11H2,(H3,15,17,18). The van der Waals surface area contributed by atoms with E-state index in [1.807, 2.05) is 48.5 Å². The Morgan fingerprint density at radius 2 is 1.89 bits per heavy atom. The Morgan fingerprint density at radius 1 is 1.11 bits per heavy atom. The van der Waals surface area contributed by atoms with E-state index in [9.17, 15) is 0 Å². The molecule has 2 rings (SSSR count). The molecule has 4 nitrogen and oxygen atoms in total. The molecule has 0 aliphatic carbocycles. The number of anilines is 1. The molecule has 0 atom stereocenters. The fourth-order valence-corrected chi connectivity index (χ4v) is 1.55. The van der Waals surface area contributed by atoms with E-state index in [-0.39, 0.29) is 0 Å². The third-order valence-electron chi connectivity index (χ3n) is 2.42. The van der Waals surface area contributed by atoms with Gasteiger partial charge in [-0.1, -0.05) is 24.3 Å². The first kappa shape index (κ1) is 12.1. The number of nitrogens with zero attached hydrogens (tertiary/aromatic N) is 2. The van der Waals surface area contributed by atoms with E-state index in [4.69, 9.17) is 5.73 Å². The SMILES string of the molecule is NC(=NCCc1ccccn1)Nc1ccccc1. The number of aliphatic imine (C=N–C) groups is 1. The zero-order valence-corrected chi connectivity index (χ0v) is 10.1. The molecule has 0 unspecified atom stereocenters. The number of hydrogen-bond acceptors (Lipinski definition) is 2. The number of benzene rings is 1. The van der Waals surface area contributed by atoms with E-state index in [1.54, 1.807) is 6.20 Å². The average Bonchev–Trinajstić information content (AvgIpc) is 2.41. The molecule has 1 heterocycles. The van der Waals surface area contributed by atoms with Crippen LogP contribution in [0.5, 0.6) is 0 Å². The summed E-state index contributed by atoms with van der Waals surface area (Å²) >= 11 is 0. The number of aromatic nitrogens is 1. The Kier molecular flexibility index (Phi) is 4.30. The minimum absolute atomic E-state index is 0.428. The summed E-state index contributed by atoms with van der Waals surface area (Å²) in [7, 11) is 0. The first-order valence-corrected chi connectivity index (χ1v) is 5.86. The first-order valence-electron chi connectivity index (χ1n) is 5.86. The predicted molar refractivity (Wildman–Crippen MR) is 74.5 cm³/mol. The largest absolute Gasteiger partial charge is 0.370 e. The Morgan fingerprint density at radius 3 is 2.61 bits per heavy atom. The van der Waals surface area contributed by atoms with Crippen LogP contribution in [0.2, 0.25) is 0 Å². The van der Waals surface area contributed by atoms with E-state index in [0.29, 0.717) is 12.5 Å². The summed E-state index contributed by atoms with van der Waals surface area (Å²) in [4.78, 5) is 8.49. The summed E-state index contributed by atoms with van der Waals surface area (Å²) in [6, 6.07) is 15.6. The zero-order valence-electron chi connectivity index (χ0n) is 10.1. The van der Waals surface area contributed by atoms with Crippen molar-refractivity contribution in [1.29, 1.82) is 0 Å². The molecule has 0 saturated heterocycles. The molecule has 92 valence electrons. The maximum absolute atomic E-state index is 5.79. The van der Waals surface area contributed by atoms with Crippen molar-refractivity contribution < 1.29 is 0 Å². The highest BCUT2D eigenvalue weighted by molar-refractivity contribution is 5.92. The van der Waals surface area contributed by atoms with Crippen LogP contribution in [0.4, 0.5) is 5.69 Å². The number of nitrogens with two attached hydrogens (primary N) is 1. The molecule has 4 heteroatoms. The van der Waals surface area contributed by atoms with Crippen LogP contribution >= 0.6 is 0 Å². The number of guanidine groups is 1. The molecular formula is C14H16N4. The van der Waals surface area contributed by atoms with Crippen molar-refractivity contribution in [1.82, 2.24) is 4.98 Å². The second kappa shape index (κ2) is 6.39. The fourth-order valence-electron chi connectivity index (χ4n) is 1.55. The van der Waals surface area contributed by atoms with Crippen molar-refractivity contribution in [3.05, 3.63) is 60.4 Å². The highest BCUT2D eigenvalue weighted by Gasteiger charge is 1.94. The van der Waals surface area contributed by atoms with Gasteiger partial charge in [0.2, 0.25) is 0 Å². The molecule has 0 aliphatic rings. The quantitative estimate of drug-likeness (QED) is 0.635. The summed E-state index contributed by atoms with van der Waals surface area (Å²) in [6.45, 7) is 0.628. The van der Waals surface area contributed by atoms with Crippen molar-refractivity contribution in [3.8, 4) is 0 Å². The number of hydrogen-bond donors (Lipinski definition) is 2. The van der Waals surface area contributed by atoms with Crippen LogP contribution < -0.4 is 11.1 Å². The Balaban J connectivity index is 1.83. The van der Waals surface area contributed by atoms with E-state index in [0.717, 1.165) is 17.8 Å². The van der Waals surface area contributed by atoms with E-state index < -0.39 is 0 Å². The molecule has 2 aromatic rings. The predicted octanol–water partition coefficient (Wildman–Crippen LogP) is 2.05. The Hall–Kier alpha value is -2.36. The molecule has 0 fully saturated rings. The molecule has 0 amide bonds. The number of rotatable bonds is 4. The summed E-state index contributed by atoms with van der Waals surface area (Å²) in [5, 5.41) is 3.04. The van der Waals surface area contributed by atoms with Crippen molar-refractivity contribution in [2.24, 2.45) is 10.7 Å². The Bertz CT molecular complexity index is 494. The molecular weight excluding hydrogens is 224 g/mol. The molecule has 18 heavy (non-hydrogen) atoms. The number of nitrogens with one attached hydrogen (secondary N) is 1. The minimum atomic E-state index is 0.428. The van der Waals surface area contributed by atoms with Gasteiger partial charge < -0.3 is 11.1 Å². The van der Waals surface area contributed by atoms with Crippen molar-refractivity contribution in [2.45, 2.75) is 6.42 Å². The van der Waals surface area contributed by atoms with Gasteiger partial charge in [-0.3, -0.25) is 9.98 Å². The lowest BCUT2D eigenvalue weighted by Gasteiger charge is -2.04. The first-order chi connectivity index (χ1) is 8.84. The third-order valence-corrected chi connectivity index (χ3v) is 2.42. The van der Waals surface area contributed by atoms with Gasteiger partial charge in [0, 0.05) is 30.5 Å². The van der Waals surface area contributed by atoms with E-state index in [2.05, 4.69) is 15.3 Å². The summed E-state index contributed by atoms with van der Waals surface area (Å²) in [5.41, 5.74) is 7.75. The van der Waals surface area contributed by atoms with Crippen LogP contribution in [0.15, 0.2) is 59.7 Å². The van der Waals surface area contributed by atoms with Crippen LogP contribution in [0, 0.1) is 0 Å². The molecule has 0 spiro atoms. The summed E-state index contributed by atoms with van der Waals surface area (Å²) < 4.78 is 0. The molecule has 3 N–H and O–H groups in total. The zero-order chi connectivity index (χ0) is 12.6. The average molecular weight is 240 g/mol. The summed E-state index contributed by atoms with van der Waals surface area (Å²) in [5.74, 6) is 0.428. The minimum Gasteiger partial charge on any atom is -0.370 e. The molecule has 0 bridgehead atoms. The normalized spacial score (nSPS) is 11.2. The maximum atomic E-state index is 5.79. The van der Waals surface area contributed by atoms with Gasteiger partial charge in [-0.25, -0.2) is 0 Å². The van der Waals surface area contributed by atoms with Crippen molar-refractivity contribution in [3.63, 3.8) is 0 Å². The van der Waals surface area contributed by atoms with E-state index in [1.165, 1.54) is 0 Å². The monoisotopic (exact) mass is 240 g/mol. The lowest BCUT2D eigenvalue weighted by atomic mass is 10.3. The highest BCUT2D eigenvalue weighted by atomic mass is 15.1. The maximum Gasteiger partial charge on any atom is 0.193 e. The van der Waals surface area contributed by atoms with Gasteiger partial charge in [0.25, 0.3) is 0 Å². The molecule has 0 saturated carbocycles. The van der Waals surface area contributed by atoms with Crippen LogP contribution in [-0.2, 0) is 6.42 Å². The van der Waals surface area contributed by atoms with Gasteiger partial charge >= 0.3 is 0 Å².